The summed E-state index contributed by atoms with van der Waals surface area (Å²) in [5.41, 5.74) is 0.289. The number of carboxylic acid groups (broad SMARTS) is 1. The molecule has 0 saturated carbocycles. The predicted octanol–water partition coefficient (Wildman–Crippen LogP) is 3.08. The molecule has 0 fully saturated rings. The predicted molar refractivity (Wildman–Crippen MR) is 76.8 cm³/mol. The van der Waals surface area contributed by atoms with Gasteiger partial charge in [-0.25, -0.2) is 0 Å². The highest BCUT2D eigenvalue weighted by atomic mass is 32.1. The molecule has 5 heteroatoms. The minimum absolute atomic E-state index is 0.0365. The van der Waals surface area contributed by atoms with Crippen molar-refractivity contribution in [1.82, 2.24) is 4.90 Å². The van der Waals surface area contributed by atoms with E-state index in [4.69, 9.17) is 5.11 Å². The van der Waals surface area contributed by atoms with Crippen LogP contribution in [0.15, 0.2) is 6.07 Å². The van der Waals surface area contributed by atoms with Crippen molar-refractivity contribution in [3.63, 3.8) is 0 Å². The number of amides is 1. The van der Waals surface area contributed by atoms with Crippen LogP contribution in [0, 0.1) is 13.8 Å². The molecule has 0 aliphatic heterocycles. The zero-order valence-electron chi connectivity index (χ0n) is 12.1. The monoisotopic (exact) mass is 283 g/mol. The van der Waals surface area contributed by atoms with Gasteiger partial charge in [0.25, 0.3) is 5.91 Å². The van der Waals surface area contributed by atoms with Gasteiger partial charge in [-0.2, -0.15) is 0 Å². The summed E-state index contributed by atoms with van der Waals surface area (Å²) in [5, 5.41) is 8.80. The first kappa shape index (κ1) is 15.7. The molecule has 1 amide bonds. The van der Waals surface area contributed by atoms with E-state index >= 15 is 0 Å². The first-order chi connectivity index (χ1) is 8.62. The highest BCUT2D eigenvalue weighted by Crippen LogP contribution is 2.25. The van der Waals surface area contributed by atoms with Gasteiger partial charge in [-0.05, 0) is 40.7 Å². The van der Waals surface area contributed by atoms with E-state index in [9.17, 15) is 9.59 Å². The molecule has 0 radical (unpaired) electrons. The van der Waals surface area contributed by atoms with Crippen LogP contribution in [-0.2, 0) is 4.79 Å². The Labute approximate surface area is 118 Å². The first-order valence-corrected chi connectivity index (χ1v) is 7.05. The van der Waals surface area contributed by atoms with E-state index in [2.05, 4.69) is 0 Å². The van der Waals surface area contributed by atoms with Crippen LogP contribution < -0.4 is 0 Å². The third kappa shape index (κ3) is 4.06. The number of carbonyl (C=O) groups is 2. The van der Waals surface area contributed by atoms with Crippen molar-refractivity contribution in [3.05, 3.63) is 21.4 Å². The Bertz CT molecular complexity index is 485. The molecule has 0 aliphatic rings. The highest BCUT2D eigenvalue weighted by Gasteiger charge is 2.29. The molecule has 1 N–H and O–H groups in total. The lowest BCUT2D eigenvalue weighted by atomic mass is 10.0. The van der Waals surface area contributed by atoms with Gasteiger partial charge in [0, 0.05) is 21.8 Å². The second-order valence-electron chi connectivity index (χ2n) is 5.60. The molecule has 0 bridgehead atoms. The lowest BCUT2D eigenvalue weighted by Crippen LogP contribution is -2.46. The van der Waals surface area contributed by atoms with Crippen LogP contribution in [0.3, 0.4) is 0 Å². The second-order valence-corrected chi connectivity index (χ2v) is 7.06. The molecule has 1 heterocycles. The Hall–Kier alpha value is -1.36. The summed E-state index contributed by atoms with van der Waals surface area (Å²) < 4.78 is 0. The number of hydrogen-bond donors (Lipinski definition) is 1. The molecule has 0 saturated heterocycles. The molecule has 1 aromatic heterocycles. The van der Waals surface area contributed by atoms with Crippen molar-refractivity contribution < 1.29 is 14.7 Å². The molecule has 0 aliphatic carbocycles. The first-order valence-electron chi connectivity index (χ1n) is 6.23. The molecule has 1 rings (SSSR count). The summed E-state index contributed by atoms with van der Waals surface area (Å²) in [6.07, 6.45) is -0.0365. The van der Waals surface area contributed by atoms with Gasteiger partial charge in [0.15, 0.2) is 0 Å². The van der Waals surface area contributed by atoms with Crippen LogP contribution in [0.2, 0.25) is 0 Å². The van der Waals surface area contributed by atoms with E-state index in [1.165, 1.54) is 0 Å². The smallest absolute Gasteiger partial charge is 0.305 e. The fraction of sp³-hybridized carbons (Fsp3) is 0.571. The molecule has 19 heavy (non-hydrogen) atoms. The Morgan fingerprint density at radius 3 is 2.26 bits per heavy atom. The quantitative estimate of drug-likeness (QED) is 0.923. The summed E-state index contributed by atoms with van der Waals surface area (Å²) in [7, 11) is 0. The van der Waals surface area contributed by atoms with Gasteiger partial charge in [-0.15, -0.1) is 11.3 Å². The van der Waals surface area contributed by atoms with Gasteiger partial charge in [-0.1, -0.05) is 0 Å². The number of aliphatic carboxylic acids is 1. The lowest BCUT2D eigenvalue weighted by molar-refractivity contribution is -0.137. The topological polar surface area (TPSA) is 57.6 Å². The highest BCUT2D eigenvalue weighted by molar-refractivity contribution is 7.12. The standard InChI is InChI=1S/C14H21NO3S/c1-9-8-11(10(2)19-9)13(18)15(14(3,4)5)7-6-12(16)17/h8H,6-7H2,1-5H3,(H,16,17). The molecule has 0 atom stereocenters. The van der Waals surface area contributed by atoms with Gasteiger partial charge in [0.2, 0.25) is 0 Å². The van der Waals surface area contributed by atoms with E-state index in [1.807, 2.05) is 40.7 Å². The number of hydrogen-bond acceptors (Lipinski definition) is 3. The van der Waals surface area contributed by atoms with Crippen LogP contribution >= 0.6 is 11.3 Å². The van der Waals surface area contributed by atoms with E-state index in [1.54, 1.807) is 16.2 Å². The minimum atomic E-state index is -0.889. The maximum atomic E-state index is 12.6. The molecular weight excluding hydrogens is 262 g/mol. The Morgan fingerprint density at radius 1 is 1.32 bits per heavy atom. The summed E-state index contributed by atoms with van der Waals surface area (Å²) >= 11 is 1.59. The van der Waals surface area contributed by atoms with Gasteiger partial charge < -0.3 is 10.0 Å². The number of aryl methyl sites for hydroxylation is 2. The largest absolute Gasteiger partial charge is 0.481 e. The summed E-state index contributed by atoms with van der Waals surface area (Å²) in [4.78, 5) is 27.0. The van der Waals surface area contributed by atoms with Crippen molar-refractivity contribution >= 4 is 23.2 Å². The van der Waals surface area contributed by atoms with Crippen molar-refractivity contribution in [2.24, 2.45) is 0 Å². The Kier molecular flexibility index (Phi) is 4.74. The van der Waals surface area contributed by atoms with Crippen molar-refractivity contribution in [1.29, 1.82) is 0 Å². The number of carbonyl (C=O) groups excluding carboxylic acids is 1. The molecule has 0 aromatic carbocycles. The van der Waals surface area contributed by atoms with E-state index < -0.39 is 11.5 Å². The maximum absolute atomic E-state index is 12.6. The van der Waals surface area contributed by atoms with Crippen molar-refractivity contribution in [2.45, 2.75) is 46.6 Å². The molecule has 1 aromatic rings. The SMILES string of the molecule is Cc1cc(C(=O)N(CCC(=O)O)C(C)(C)C)c(C)s1. The van der Waals surface area contributed by atoms with Crippen LogP contribution in [0.25, 0.3) is 0 Å². The number of carboxylic acids is 1. The van der Waals surface area contributed by atoms with Crippen molar-refractivity contribution in [2.75, 3.05) is 6.54 Å². The molecule has 0 spiro atoms. The van der Waals surface area contributed by atoms with Crippen LogP contribution in [0.4, 0.5) is 0 Å². The lowest BCUT2D eigenvalue weighted by Gasteiger charge is -2.35. The molecule has 106 valence electrons. The number of rotatable bonds is 4. The zero-order chi connectivity index (χ0) is 14.8. The third-order valence-electron chi connectivity index (χ3n) is 2.88. The van der Waals surface area contributed by atoms with E-state index in [-0.39, 0.29) is 18.9 Å². The molecule has 4 nitrogen and oxygen atoms in total. The minimum Gasteiger partial charge on any atom is -0.481 e. The Morgan fingerprint density at radius 2 is 1.89 bits per heavy atom. The van der Waals surface area contributed by atoms with E-state index in [0.717, 1.165) is 9.75 Å². The average Bonchev–Trinajstić information content (AvgIpc) is 2.55. The summed E-state index contributed by atoms with van der Waals surface area (Å²) in [6, 6.07) is 1.88. The van der Waals surface area contributed by atoms with Gasteiger partial charge in [0.1, 0.15) is 0 Å². The summed E-state index contributed by atoms with van der Waals surface area (Å²) in [6.45, 7) is 9.87. The number of nitrogens with zero attached hydrogens (tertiary/aromatic N) is 1. The second kappa shape index (κ2) is 5.74. The normalized spacial score (nSPS) is 11.4. The molecular formula is C14H21NO3S. The average molecular weight is 283 g/mol. The number of thiophene rings is 1. The van der Waals surface area contributed by atoms with Gasteiger partial charge in [0.05, 0.1) is 12.0 Å². The van der Waals surface area contributed by atoms with Gasteiger partial charge >= 0.3 is 5.97 Å². The molecule has 0 unspecified atom stereocenters. The maximum Gasteiger partial charge on any atom is 0.305 e. The third-order valence-corrected chi connectivity index (χ3v) is 3.84. The fourth-order valence-corrected chi connectivity index (χ4v) is 2.85. The van der Waals surface area contributed by atoms with Crippen LogP contribution in [0.1, 0.15) is 47.3 Å². The Balaban J connectivity index is 3.01. The summed E-state index contributed by atoms with van der Waals surface area (Å²) in [5.74, 6) is -0.976. The zero-order valence-corrected chi connectivity index (χ0v) is 12.9. The fourth-order valence-electron chi connectivity index (χ4n) is 1.94. The van der Waals surface area contributed by atoms with Gasteiger partial charge in [-0.3, -0.25) is 9.59 Å². The van der Waals surface area contributed by atoms with Crippen LogP contribution in [-0.4, -0.2) is 34.0 Å². The van der Waals surface area contributed by atoms with Crippen LogP contribution in [0.5, 0.6) is 0 Å². The van der Waals surface area contributed by atoms with Crippen molar-refractivity contribution in [3.8, 4) is 0 Å². The van der Waals surface area contributed by atoms with E-state index in [0.29, 0.717) is 5.56 Å².